The Hall–Kier alpha value is -1.56. The van der Waals surface area contributed by atoms with Gasteiger partial charge in [0.1, 0.15) is 5.82 Å². The summed E-state index contributed by atoms with van der Waals surface area (Å²) in [6.07, 6.45) is 2.33. The summed E-state index contributed by atoms with van der Waals surface area (Å²) >= 11 is 1.49. The van der Waals surface area contributed by atoms with Crippen molar-refractivity contribution in [3.63, 3.8) is 0 Å². The largest absolute Gasteiger partial charge is 0.381 e. The zero-order chi connectivity index (χ0) is 13.2. The van der Waals surface area contributed by atoms with Gasteiger partial charge in [0.05, 0.1) is 12.2 Å². The zero-order valence-electron chi connectivity index (χ0n) is 10.4. The van der Waals surface area contributed by atoms with Crippen LogP contribution in [0.4, 0.5) is 10.2 Å². The Morgan fingerprint density at radius 3 is 2.89 bits per heavy atom. The summed E-state index contributed by atoms with van der Waals surface area (Å²) in [7, 11) is 0. The van der Waals surface area contributed by atoms with Gasteiger partial charge in [0.15, 0.2) is 5.82 Å². The molecule has 1 fully saturated rings. The zero-order valence-corrected chi connectivity index (χ0v) is 11.2. The quantitative estimate of drug-likeness (QED) is 0.854. The molecule has 4 nitrogen and oxygen atoms in total. The molecule has 0 amide bonds. The molecule has 0 spiro atoms. The molecule has 6 heteroatoms. The Balaban J connectivity index is 1.62. The first kappa shape index (κ1) is 12.5. The SMILES string of the molecule is Nc1nnn(CCSc2ccccc2F)c1C1CC1. The Labute approximate surface area is 115 Å². The van der Waals surface area contributed by atoms with Crippen molar-refractivity contribution < 1.29 is 4.39 Å². The van der Waals surface area contributed by atoms with Crippen molar-refractivity contribution in [3.05, 3.63) is 35.8 Å². The summed E-state index contributed by atoms with van der Waals surface area (Å²) in [4.78, 5) is 0.670. The van der Waals surface area contributed by atoms with Crippen molar-refractivity contribution in [1.82, 2.24) is 15.0 Å². The molecule has 0 radical (unpaired) electrons. The van der Waals surface area contributed by atoms with Crippen LogP contribution in [-0.2, 0) is 6.54 Å². The van der Waals surface area contributed by atoms with Crippen LogP contribution < -0.4 is 5.73 Å². The molecule has 3 rings (SSSR count). The van der Waals surface area contributed by atoms with Gasteiger partial charge in [-0.25, -0.2) is 9.07 Å². The average molecular weight is 278 g/mol. The number of aryl methyl sites for hydroxylation is 1. The van der Waals surface area contributed by atoms with Gasteiger partial charge >= 0.3 is 0 Å². The molecule has 0 atom stereocenters. The number of thioether (sulfide) groups is 1. The number of nitrogens with zero attached hydrogens (tertiary/aromatic N) is 3. The predicted molar refractivity (Wildman–Crippen MR) is 73.5 cm³/mol. The lowest BCUT2D eigenvalue weighted by atomic mass is 10.3. The van der Waals surface area contributed by atoms with Crippen LogP contribution in [0.15, 0.2) is 29.2 Å². The molecule has 0 bridgehead atoms. The van der Waals surface area contributed by atoms with Crippen molar-refractivity contribution in [2.24, 2.45) is 0 Å². The minimum Gasteiger partial charge on any atom is -0.381 e. The van der Waals surface area contributed by atoms with Crippen LogP contribution >= 0.6 is 11.8 Å². The number of nitrogens with two attached hydrogens (primary N) is 1. The van der Waals surface area contributed by atoms with Crippen LogP contribution in [0.2, 0.25) is 0 Å². The fraction of sp³-hybridized carbons (Fsp3) is 0.385. The third kappa shape index (κ3) is 2.73. The summed E-state index contributed by atoms with van der Waals surface area (Å²) in [6.45, 7) is 0.703. The number of anilines is 1. The maximum absolute atomic E-state index is 13.5. The third-order valence-electron chi connectivity index (χ3n) is 3.16. The Morgan fingerprint density at radius 2 is 2.16 bits per heavy atom. The van der Waals surface area contributed by atoms with Crippen molar-refractivity contribution in [3.8, 4) is 0 Å². The number of rotatable bonds is 5. The molecule has 1 saturated carbocycles. The minimum atomic E-state index is -0.173. The monoisotopic (exact) mass is 278 g/mol. The van der Waals surface area contributed by atoms with E-state index in [-0.39, 0.29) is 5.82 Å². The molecule has 2 aromatic rings. The fourth-order valence-electron chi connectivity index (χ4n) is 2.08. The van der Waals surface area contributed by atoms with Crippen molar-refractivity contribution in [2.45, 2.75) is 30.2 Å². The number of halogens is 1. The summed E-state index contributed by atoms with van der Waals surface area (Å²) in [6, 6.07) is 6.81. The van der Waals surface area contributed by atoms with Crippen LogP contribution in [0.1, 0.15) is 24.5 Å². The maximum atomic E-state index is 13.5. The highest BCUT2D eigenvalue weighted by Gasteiger charge is 2.30. The molecule has 100 valence electrons. The molecule has 1 aromatic heterocycles. The molecule has 1 aliphatic carbocycles. The van der Waals surface area contributed by atoms with E-state index >= 15 is 0 Å². The summed E-state index contributed by atoms with van der Waals surface area (Å²) < 4.78 is 15.3. The van der Waals surface area contributed by atoms with Crippen molar-refractivity contribution in [2.75, 3.05) is 11.5 Å². The van der Waals surface area contributed by atoms with E-state index in [0.29, 0.717) is 23.2 Å². The van der Waals surface area contributed by atoms with E-state index in [1.807, 2.05) is 10.7 Å². The molecular weight excluding hydrogens is 263 g/mol. The van der Waals surface area contributed by atoms with E-state index in [1.165, 1.54) is 17.8 Å². The average Bonchev–Trinajstić information content (AvgIpc) is 3.17. The fourth-order valence-corrected chi connectivity index (χ4v) is 2.94. The first-order valence-electron chi connectivity index (χ1n) is 6.32. The van der Waals surface area contributed by atoms with Gasteiger partial charge in [-0.15, -0.1) is 16.9 Å². The minimum absolute atomic E-state index is 0.173. The van der Waals surface area contributed by atoms with E-state index in [0.717, 1.165) is 24.3 Å². The number of aromatic nitrogens is 3. The molecule has 1 aliphatic rings. The molecule has 0 saturated heterocycles. The van der Waals surface area contributed by atoms with Crippen LogP contribution in [0, 0.1) is 5.82 Å². The Morgan fingerprint density at radius 1 is 1.37 bits per heavy atom. The maximum Gasteiger partial charge on any atom is 0.169 e. The Kier molecular flexibility index (Phi) is 3.42. The normalized spacial score (nSPS) is 14.8. The molecule has 2 N–H and O–H groups in total. The highest BCUT2D eigenvalue weighted by Crippen LogP contribution is 2.42. The topological polar surface area (TPSA) is 56.7 Å². The lowest BCUT2D eigenvalue weighted by Crippen LogP contribution is -2.07. The van der Waals surface area contributed by atoms with E-state index in [9.17, 15) is 4.39 Å². The van der Waals surface area contributed by atoms with E-state index in [4.69, 9.17) is 5.73 Å². The van der Waals surface area contributed by atoms with Gasteiger partial charge in [0, 0.05) is 16.6 Å². The second-order valence-electron chi connectivity index (χ2n) is 4.64. The number of hydrogen-bond acceptors (Lipinski definition) is 4. The Bertz CT molecular complexity index is 580. The smallest absolute Gasteiger partial charge is 0.169 e. The molecule has 1 aromatic carbocycles. The standard InChI is InChI=1S/C13H15FN4S/c14-10-3-1-2-4-11(10)19-8-7-18-12(9-5-6-9)13(15)16-17-18/h1-4,9H,5-8,15H2. The molecular formula is C13H15FN4S. The van der Waals surface area contributed by atoms with Crippen LogP contribution in [0.25, 0.3) is 0 Å². The third-order valence-corrected chi connectivity index (χ3v) is 4.19. The molecule has 0 aliphatic heterocycles. The van der Waals surface area contributed by atoms with Crippen LogP contribution in [0.3, 0.4) is 0 Å². The highest BCUT2D eigenvalue weighted by atomic mass is 32.2. The van der Waals surface area contributed by atoms with E-state index < -0.39 is 0 Å². The lowest BCUT2D eigenvalue weighted by Gasteiger charge is -2.06. The van der Waals surface area contributed by atoms with E-state index in [1.54, 1.807) is 12.1 Å². The second-order valence-corrected chi connectivity index (χ2v) is 5.77. The van der Waals surface area contributed by atoms with Gasteiger partial charge in [-0.05, 0) is 25.0 Å². The number of benzene rings is 1. The first-order valence-corrected chi connectivity index (χ1v) is 7.30. The van der Waals surface area contributed by atoms with Gasteiger partial charge in [-0.1, -0.05) is 17.3 Å². The molecule has 1 heterocycles. The van der Waals surface area contributed by atoms with Crippen LogP contribution in [0.5, 0.6) is 0 Å². The predicted octanol–water partition coefficient (Wildman–Crippen LogP) is 2.67. The van der Waals surface area contributed by atoms with Gasteiger partial charge in [0.2, 0.25) is 0 Å². The first-order chi connectivity index (χ1) is 9.25. The van der Waals surface area contributed by atoms with Gasteiger partial charge in [-0.3, -0.25) is 0 Å². The number of nitrogen functional groups attached to an aromatic ring is 1. The lowest BCUT2D eigenvalue weighted by molar-refractivity contribution is 0.596. The van der Waals surface area contributed by atoms with Crippen LogP contribution in [-0.4, -0.2) is 20.7 Å². The molecule has 0 unspecified atom stereocenters. The summed E-state index contributed by atoms with van der Waals surface area (Å²) in [5.41, 5.74) is 6.88. The van der Waals surface area contributed by atoms with E-state index in [2.05, 4.69) is 10.3 Å². The summed E-state index contributed by atoms with van der Waals surface area (Å²) in [5, 5.41) is 7.99. The number of hydrogen-bond donors (Lipinski definition) is 1. The van der Waals surface area contributed by atoms with Gasteiger partial charge < -0.3 is 5.73 Å². The van der Waals surface area contributed by atoms with Crippen molar-refractivity contribution in [1.29, 1.82) is 0 Å². The van der Waals surface area contributed by atoms with Gasteiger partial charge in [-0.2, -0.15) is 0 Å². The highest BCUT2D eigenvalue weighted by molar-refractivity contribution is 7.99. The van der Waals surface area contributed by atoms with Gasteiger partial charge in [0.25, 0.3) is 0 Å². The second kappa shape index (κ2) is 5.21. The van der Waals surface area contributed by atoms with Crippen molar-refractivity contribution >= 4 is 17.6 Å². The molecule has 19 heavy (non-hydrogen) atoms. The summed E-state index contributed by atoms with van der Waals surface area (Å²) in [5.74, 6) is 1.64.